The third kappa shape index (κ3) is 5.93. The van der Waals surface area contributed by atoms with Gasteiger partial charge in [0.15, 0.2) is 11.5 Å². The SMILES string of the molecule is COc1cc(C(C#N)NC(=O)CCCc2ccc(Cl)c(Cl)c2)cc(OC)c1OC. The number of nitrogens with zero attached hydrogens (tertiary/aromatic N) is 1. The van der Waals surface area contributed by atoms with Crippen LogP contribution in [0.5, 0.6) is 17.2 Å². The van der Waals surface area contributed by atoms with Gasteiger partial charge in [-0.2, -0.15) is 5.26 Å². The zero-order chi connectivity index (χ0) is 21.4. The van der Waals surface area contributed by atoms with Gasteiger partial charge in [-0.25, -0.2) is 0 Å². The molecule has 0 aliphatic carbocycles. The molecule has 2 aromatic rings. The molecule has 2 rings (SSSR count). The summed E-state index contributed by atoms with van der Waals surface area (Å²) in [5.74, 6) is 1.01. The predicted molar refractivity (Wildman–Crippen MR) is 112 cm³/mol. The molecule has 0 bridgehead atoms. The molecule has 0 aliphatic rings. The van der Waals surface area contributed by atoms with Gasteiger partial charge in [-0.15, -0.1) is 0 Å². The fourth-order valence-electron chi connectivity index (χ4n) is 2.84. The van der Waals surface area contributed by atoms with Crippen LogP contribution in [0, 0.1) is 11.3 Å². The average Bonchev–Trinajstić information content (AvgIpc) is 2.73. The first-order valence-corrected chi connectivity index (χ1v) is 9.61. The van der Waals surface area contributed by atoms with E-state index in [9.17, 15) is 10.1 Å². The number of nitrogens with one attached hydrogen (secondary N) is 1. The highest BCUT2D eigenvalue weighted by atomic mass is 35.5. The number of methoxy groups -OCH3 is 3. The van der Waals surface area contributed by atoms with Crippen LogP contribution in [0.4, 0.5) is 0 Å². The number of carbonyl (C=O) groups is 1. The molecule has 2 aromatic carbocycles. The standard InChI is InChI=1S/C21H22Cl2N2O4/c1-27-18-10-14(11-19(28-2)21(18)29-3)17(12-24)25-20(26)6-4-5-13-7-8-15(22)16(23)9-13/h7-11,17H,4-6H2,1-3H3,(H,25,26). The Morgan fingerprint density at radius 1 is 1.07 bits per heavy atom. The Bertz CT molecular complexity index is 887. The van der Waals surface area contributed by atoms with Crippen LogP contribution in [0.15, 0.2) is 30.3 Å². The normalized spacial score (nSPS) is 11.3. The van der Waals surface area contributed by atoms with Gasteiger partial charge in [0.05, 0.1) is 37.4 Å². The number of halogens is 2. The minimum atomic E-state index is -0.846. The lowest BCUT2D eigenvalue weighted by molar-refractivity contribution is -0.121. The molecule has 1 amide bonds. The van der Waals surface area contributed by atoms with Crippen LogP contribution in [0.1, 0.15) is 30.0 Å². The number of amides is 1. The van der Waals surface area contributed by atoms with E-state index in [1.807, 2.05) is 6.07 Å². The second-order valence-electron chi connectivity index (χ2n) is 6.19. The third-order valence-electron chi connectivity index (χ3n) is 4.31. The van der Waals surface area contributed by atoms with Gasteiger partial charge in [-0.1, -0.05) is 29.3 Å². The molecule has 0 saturated heterocycles. The summed E-state index contributed by atoms with van der Waals surface area (Å²) in [6, 6.07) is 9.93. The molecule has 1 N–H and O–H groups in total. The fourth-order valence-corrected chi connectivity index (χ4v) is 3.16. The van der Waals surface area contributed by atoms with E-state index in [4.69, 9.17) is 37.4 Å². The van der Waals surface area contributed by atoms with Gasteiger partial charge in [0.1, 0.15) is 6.04 Å². The Morgan fingerprint density at radius 2 is 1.72 bits per heavy atom. The molecule has 29 heavy (non-hydrogen) atoms. The summed E-state index contributed by atoms with van der Waals surface area (Å²) >= 11 is 11.9. The van der Waals surface area contributed by atoms with E-state index >= 15 is 0 Å². The van der Waals surface area contributed by atoms with Gasteiger partial charge in [0, 0.05) is 6.42 Å². The maximum absolute atomic E-state index is 12.3. The van der Waals surface area contributed by atoms with Gasteiger partial charge in [0.2, 0.25) is 11.7 Å². The second-order valence-corrected chi connectivity index (χ2v) is 7.00. The van der Waals surface area contributed by atoms with Crippen molar-refractivity contribution < 1.29 is 19.0 Å². The molecule has 0 fully saturated rings. The van der Waals surface area contributed by atoms with Gasteiger partial charge in [0.25, 0.3) is 0 Å². The van der Waals surface area contributed by atoms with Crippen molar-refractivity contribution in [2.45, 2.75) is 25.3 Å². The molecule has 1 atom stereocenters. The predicted octanol–water partition coefficient (Wildman–Crippen LogP) is 4.72. The van der Waals surface area contributed by atoms with Crippen LogP contribution in [0.25, 0.3) is 0 Å². The Balaban J connectivity index is 2.02. The van der Waals surface area contributed by atoms with Crippen molar-refractivity contribution in [2.75, 3.05) is 21.3 Å². The molecule has 8 heteroatoms. The Hall–Kier alpha value is -2.62. The van der Waals surface area contributed by atoms with Crippen molar-refractivity contribution in [1.29, 1.82) is 5.26 Å². The van der Waals surface area contributed by atoms with Crippen LogP contribution in [0.2, 0.25) is 10.0 Å². The molecular formula is C21H22Cl2N2O4. The Morgan fingerprint density at radius 3 is 2.24 bits per heavy atom. The number of benzene rings is 2. The minimum absolute atomic E-state index is 0.231. The first kappa shape index (κ1) is 22.7. The van der Waals surface area contributed by atoms with E-state index in [0.29, 0.717) is 45.7 Å². The first-order chi connectivity index (χ1) is 13.9. The summed E-state index contributed by atoms with van der Waals surface area (Å²) in [6.07, 6.45) is 1.55. The number of rotatable bonds is 9. The Labute approximate surface area is 180 Å². The highest BCUT2D eigenvalue weighted by Gasteiger charge is 2.20. The first-order valence-electron chi connectivity index (χ1n) is 8.86. The monoisotopic (exact) mass is 436 g/mol. The highest BCUT2D eigenvalue weighted by molar-refractivity contribution is 6.42. The molecule has 6 nitrogen and oxygen atoms in total. The summed E-state index contributed by atoms with van der Waals surface area (Å²) in [4.78, 5) is 12.3. The number of hydrogen-bond acceptors (Lipinski definition) is 5. The van der Waals surface area contributed by atoms with Crippen molar-refractivity contribution in [2.24, 2.45) is 0 Å². The van der Waals surface area contributed by atoms with Gasteiger partial charge in [-0.3, -0.25) is 4.79 Å². The molecule has 0 spiro atoms. The highest BCUT2D eigenvalue weighted by Crippen LogP contribution is 2.39. The zero-order valence-corrected chi connectivity index (χ0v) is 17.9. The lowest BCUT2D eigenvalue weighted by atomic mass is 10.1. The molecule has 154 valence electrons. The number of nitriles is 1. The largest absolute Gasteiger partial charge is 0.493 e. The lowest BCUT2D eigenvalue weighted by Gasteiger charge is -2.17. The van der Waals surface area contributed by atoms with Crippen LogP contribution in [-0.2, 0) is 11.2 Å². The van der Waals surface area contributed by atoms with Gasteiger partial charge < -0.3 is 19.5 Å². The molecule has 0 aromatic heterocycles. The summed E-state index contributed by atoms with van der Waals surface area (Å²) < 4.78 is 15.9. The van der Waals surface area contributed by atoms with Crippen LogP contribution < -0.4 is 19.5 Å². The lowest BCUT2D eigenvalue weighted by Crippen LogP contribution is -2.27. The maximum Gasteiger partial charge on any atom is 0.221 e. The number of aryl methyl sites for hydroxylation is 1. The summed E-state index contributed by atoms with van der Waals surface area (Å²) in [6.45, 7) is 0. The average molecular weight is 437 g/mol. The fraction of sp³-hybridized carbons (Fsp3) is 0.333. The van der Waals surface area contributed by atoms with E-state index in [1.54, 1.807) is 24.3 Å². The van der Waals surface area contributed by atoms with E-state index < -0.39 is 6.04 Å². The van der Waals surface area contributed by atoms with Crippen molar-refractivity contribution in [3.8, 4) is 23.3 Å². The minimum Gasteiger partial charge on any atom is -0.493 e. The zero-order valence-electron chi connectivity index (χ0n) is 16.4. The second kappa shape index (κ2) is 10.8. The molecule has 0 heterocycles. The van der Waals surface area contributed by atoms with Crippen molar-refractivity contribution in [1.82, 2.24) is 5.32 Å². The number of ether oxygens (including phenoxy) is 3. The van der Waals surface area contributed by atoms with Crippen LogP contribution in [-0.4, -0.2) is 27.2 Å². The topological polar surface area (TPSA) is 80.6 Å². The van der Waals surface area contributed by atoms with Crippen molar-refractivity contribution in [3.05, 3.63) is 51.5 Å². The van der Waals surface area contributed by atoms with Crippen molar-refractivity contribution >= 4 is 29.1 Å². The van der Waals surface area contributed by atoms with Crippen molar-refractivity contribution in [3.63, 3.8) is 0 Å². The third-order valence-corrected chi connectivity index (χ3v) is 5.05. The van der Waals surface area contributed by atoms with Crippen LogP contribution in [0.3, 0.4) is 0 Å². The summed E-state index contributed by atoms with van der Waals surface area (Å²) in [5.41, 5.74) is 1.54. The van der Waals surface area contributed by atoms with E-state index in [2.05, 4.69) is 11.4 Å². The summed E-state index contributed by atoms with van der Waals surface area (Å²) in [5, 5.41) is 13.3. The maximum atomic E-state index is 12.3. The van der Waals surface area contributed by atoms with Gasteiger partial charge >= 0.3 is 0 Å². The molecular weight excluding hydrogens is 415 g/mol. The molecule has 0 radical (unpaired) electrons. The molecule has 1 unspecified atom stereocenters. The van der Waals surface area contributed by atoms with Gasteiger partial charge in [-0.05, 0) is 48.2 Å². The van der Waals surface area contributed by atoms with E-state index in [-0.39, 0.29) is 12.3 Å². The number of carbonyl (C=O) groups excluding carboxylic acids is 1. The van der Waals surface area contributed by atoms with E-state index in [0.717, 1.165) is 5.56 Å². The van der Waals surface area contributed by atoms with E-state index in [1.165, 1.54) is 21.3 Å². The summed E-state index contributed by atoms with van der Waals surface area (Å²) in [7, 11) is 4.48. The molecule has 0 saturated carbocycles. The molecule has 0 aliphatic heterocycles. The number of hydrogen-bond donors (Lipinski definition) is 1. The quantitative estimate of drug-likeness (QED) is 0.614. The van der Waals surface area contributed by atoms with Crippen LogP contribution >= 0.6 is 23.2 Å². The smallest absolute Gasteiger partial charge is 0.221 e. The Kier molecular flexibility index (Phi) is 8.44.